The van der Waals surface area contributed by atoms with Gasteiger partial charge in [-0.05, 0) is 76.1 Å². The van der Waals surface area contributed by atoms with Gasteiger partial charge in [0.15, 0.2) is 5.60 Å². The summed E-state index contributed by atoms with van der Waals surface area (Å²) in [5, 5.41) is 11.3. The maximum Gasteiger partial charge on any atom is 0.254 e. The summed E-state index contributed by atoms with van der Waals surface area (Å²) in [6.07, 6.45) is 9.53. The number of allylic oxidation sites excluding steroid dienone is 1. The summed E-state index contributed by atoms with van der Waals surface area (Å²) in [4.78, 5) is 14.8. The number of carbonyl (C=O) groups is 1. The molecule has 0 radical (unpaired) electrons. The van der Waals surface area contributed by atoms with Crippen molar-refractivity contribution in [3.05, 3.63) is 47.0 Å². The zero-order valence-corrected chi connectivity index (χ0v) is 17.5. The third kappa shape index (κ3) is 4.66. The first-order valence-corrected chi connectivity index (χ1v) is 10.9. The van der Waals surface area contributed by atoms with Crippen molar-refractivity contribution in [2.75, 3.05) is 19.6 Å². The molecule has 3 N–H and O–H groups in total. The van der Waals surface area contributed by atoms with E-state index in [0.29, 0.717) is 11.5 Å². The van der Waals surface area contributed by atoms with Crippen LogP contribution in [0.2, 0.25) is 0 Å². The Hall–Kier alpha value is -1.65. The maximum atomic E-state index is 12.2. The van der Waals surface area contributed by atoms with Crippen molar-refractivity contribution in [2.24, 2.45) is 11.7 Å². The highest BCUT2D eigenvalue weighted by Gasteiger charge is 2.45. The molecule has 1 amide bonds. The predicted molar refractivity (Wildman–Crippen MR) is 114 cm³/mol. The average Bonchev–Trinajstić information content (AvgIpc) is 3.23. The number of hydrogen-bond acceptors (Lipinski definition) is 3. The Kier molecular flexibility index (Phi) is 6.95. The molecule has 4 nitrogen and oxygen atoms in total. The van der Waals surface area contributed by atoms with Gasteiger partial charge < -0.3 is 15.7 Å². The smallest absolute Gasteiger partial charge is 0.254 e. The van der Waals surface area contributed by atoms with E-state index in [9.17, 15) is 9.90 Å². The third-order valence-electron chi connectivity index (χ3n) is 6.71. The fourth-order valence-corrected chi connectivity index (χ4v) is 4.98. The Morgan fingerprint density at radius 1 is 1.21 bits per heavy atom. The molecule has 1 heterocycles. The second kappa shape index (κ2) is 9.23. The lowest BCUT2D eigenvalue weighted by molar-refractivity contribution is -0.143. The number of carbonyl (C=O) groups excluding carboxylic acids is 1. The summed E-state index contributed by atoms with van der Waals surface area (Å²) in [7, 11) is 0. The molecule has 0 unspecified atom stereocenters. The fraction of sp³-hybridized carbons (Fsp3) is 0.625. The lowest BCUT2D eigenvalue weighted by atomic mass is 9.78. The number of likely N-dealkylation sites (tertiary alicyclic amines) is 1. The molecule has 1 aliphatic carbocycles. The summed E-state index contributed by atoms with van der Waals surface area (Å²) in [5.41, 5.74) is 7.48. The molecule has 1 saturated heterocycles. The van der Waals surface area contributed by atoms with Crippen LogP contribution in [0.1, 0.15) is 75.8 Å². The van der Waals surface area contributed by atoms with E-state index in [1.807, 2.05) is 18.2 Å². The van der Waals surface area contributed by atoms with Gasteiger partial charge in [0.25, 0.3) is 5.91 Å². The number of nitrogens with zero attached hydrogens (tertiary/aromatic N) is 1. The molecular formula is C24H36N2O2. The first-order valence-electron chi connectivity index (χ1n) is 10.9. The van der Waals surface area contributed by atoms with Crippen molar-refractivity contribution < 1.29 is 9.90 Å². The first-order chi connectivity index (χ1) is 13.4. The number of benzene rings is 1. The third-order valence-corrected chi connectivity index (χ3v) is 6.71. The number of aliphatic hydroxyl groups is 1. The number of amides is 1. The Labute approximate surface area is 169 Å². The second-order valence-electron chi connectivity index (χ2n) is 8.92. The Bertz CT molecular complexity index is 696. The molecule has 1 aromatic rings. The number of piperidine rings is 1. The summed E-state index contributed by atoms with van der Waals surface area (Å²) in [5.74, 6) is -0.178. The van der Waals surface area contributed by atoms with Crippen LogP contribution < -0.4 is 5.73 Å². The molecule has 0 bridgehead atoms. The van der Waals surface area contributed by atoms with Gasteiger partial charge in [-0.1, -0.05) is 48.8 Å². The Morgan fingerprint density at radius 3 is 2.50 bits per heavy atom. The van der Waals surface area contributed by atoms with Gasteiger partial charge in [0, 0.05) is 12.5 Å². The number of hydrogen-bond donors (Lipinski definition) is 2. The van der Waals surface area contributed by atoms with Crippen molar-refractivity contribution in [3.63, 3.8) is 0 Å². The van der Waals surface area contributed by atoms with E-state index in [1.165, 1.54) is 11.1 Å². The molecule has 4 heteroatoms. The Balaban J connectivity index is 1.68. The van der Waals surface area contributed by atoms with Crippen LogP contribution in [0.3, 0.4) is 0 Å². The number of rotatable bonds is 7. The van der Waals surface area contributed by atoms with Crippen LogP contribution in [0.15, 0.2) is 35.9 Å². The highest BCUT2D eigenvalue weighted by Crippen LogP contribution is 2.41. The molecule has 3 rings (SSSR count). The highest BCUT2D eigenvalue weighted by molar-refractivity contribution is 5.85. The zero-order chi connectivity index (χ0) is 20.1. The second-order valence-corrected chi connectivity index (χ2v) is 8.92. The van der Waals surface area contributed by atoms with E-state index in [1.54, 1.807) is 0 Å². The van der Waals surface area contributed by atoms with Crippen LogP contribution in [0.25, 0.3) is 0 Å². The molecule has 28 heavy (non-hydrogen) atoms. The molecule has 0 spiro atoms. The number of primary amides is 1. The lowest BCUT2D eigenvalue weighted by Gasteiger charge is -2.34. The van der Waals surface area contributed by atoms with Crippen molar-refractivity contribution in [1.29, 1.82) is 0 Å². The topological polar surface area (TPSA) is 66.6 Å². The standard InChI is InChI=1S/C24H36N2O2/c1-18(2)7-6-14-26-15-12-19(13-16-26)20-8-5-11-22(17-20)24(28,23(25)27)21-9-3-4-10-21/h5,7-8,11,17,19,21,28H,3-4,6,9-10,12-16H2,1-2H3,(H2,25,27)/t24-/m1/s1. The highest BCUT2D eigenvalue weighted by atomic mass is 16.3. The van der Waals surface area contributed by atoms with E-state index in [0.717, 1.165) is 64.6 Å². The average molecular weight is 385 g/mol. The van der Waals surface area contributed by atoms with Crippen LogP contribution >= 0.6 is 0 Å². The van der Waals surface area contributed by atoms with Gasteiger partial charge in [-0.2, -0.15) is 0 Å². The van der Waals surface area contributed by atoms with Crippen molar-refractivity contribution in [1.82, 2.24) is 4.90 Å². The minimum absolute atomic E-state index is 0.0582. The van der Waals surface area contributed by atoms with Crippen molar-refractivity contribution in [3.8, 4) is 0 Å². The van der Waals surface area contributed by atoms with Crippen molar-refractivity contribution in [2.45, 2.75) is 70.3 Å². The van der Waals surface area contributed by atoms with E-state index < -0.39 is 11.5 Å². The summed E-state index contributed by atoms with van der Waals surface area (Å²) in [6.45, 7) is 7.64. The monoisotopic (exact) mass is 384 g/mol. The first kappa shape index (κ1) is 21.1. The van der Waals surface area contributed by atoms with Gasteiger partial charge in [0.1, 0.15) is 0 Å². The van der Waals surface area contributed by atoms with Crippen LogP contribution in [-0.4, -0.2) is 35.5 Å². The van der Waals surface area contributed by atoms with Gasteiger partial charge >= 0.3 is 0 Å². The molecule has 2 aliphatic rings. The largest absolute Gasteiger partial charge is 0.375 e. The molecule has 1 aromatic carbocycles. The normalized spacial score (nSPS) is 21.4. The van der Waals surface area contributed by atoms with E-state index >= 15 is 0 Å². The zero-order valence-electron chi connectivity index (χ0n) is 17.5. The molecule has 1 atom stereocenters. The van der Waals surface area contributed by atoms with Crippen LogP contribution in [0.5, 0.6) is 0 Å². The summed E-state index contributed by atoms with van der Waals surface area (Å²) in [6, 6.07) is 8.05. The summed E-state index contributed by atoms with van der Waals surface area (Å²) < 4.78 is 0. The van der Waals surface area contributed by atoms with Gasteiger partial charge in [-0.3, -0.25) is 4.79 Å². The maximum absolute atomic E-state index is 12.2. The fourth-order valence-electron chi connectivity index (χ4n) is 4.98. The van der Waals surface area contributed by atoms with E-state index in [2.05, 4.69) is 30.9 Å². The minimum atomic E-state index is -1.53. The molecule has 154 valence electrons. The molecule has 1 saturated carbocycles. The quantitative estimate of drug-likeness (QED) is 0.696. The lowest BCUT2D eigenvalue weighted by Crippen LogP contribution is -2.46. The SMILES string of the molecule is CC(C)=CCCN1CCC(c2cccc([C@@](O)(C(N)=O)C3CCCC3)c2)CC1. The molecule has 2 fully saturated rings. The van der Waals surface area contributed by atoms with Crippen LogP contribution in [0.4, 0.5) is 0 Å². The Morgan fingerprint density at radius 2 is 1.89 bits per heavy atom. The van der Waals surface area contributed by atoms with Gasteiger partial charge in [0.05, 0.1) is 0 Å². The van der Waals surface area contributed by atoms with Crippen LogP contribution in [-0.2, 0) is 10.4 Å². The molecule has 1 aliphatic heterocycles. The molecular weight excluding hydrogens is 348 g/mol. The van der Waals surface area contributed by atoms with Gasteiger partial charge in [0.2, 0.25) is 0 Å². The molecule has 0 aromatic heterocycles. The van der Waals surface area contributed by atoms with Gasteiger partial charge in [-0.25, -0.2) is 0 Å². The number of nitrogens with two attached hydrogens (primary N) is 1. The summed E-state index contributed by atoms with van der Waals surface area (Å²) >= 11 is 0. The van der Waals surface area contributed by atoms with E-state index in [-0.39, 0.29) is 5.92 Å². The van der Waals surface area contributed by atoms with Gasteiger partial charge in [-0.15, -0.1) is 0 Å². The minimum Gasteiger partial charge on any atom is -0.375 e. The van der Waals surface area contributed by atoms with E-state index in [4.69, 9.17) is 5.73 Å². The van der Waals surface area contributed by atoms with Crippen LogP contribution in [0, 0.1) is 5.92 Å². The predicted octanol–water partition coefficient (Wildman–Crippen LogP) is 4.09. The van der Waals surface area contributed by atoms with Crippen molar-refractivity contribution >= 4 is 5.91 Å².